The van der Waals surface area contributed by atoms with E-state index in [1.54, 1.807) is 0 Å². The highest BCUT2D eigenvalue weighted by atomic mass is 16.5. The molecule has 0 spiro atoms. The van der Waals surface area contributed by atoms with Gasteiger partial charge >= 0.3 is 12.0 Å². The summed E-state index contributed by atoms with van der Waals surface area (Å²) in [5, 5.41) is 13.8. The van der Waals surface area contributed by atoms with Gasteiger partial charge in [-0.3, -0.25) is 4.79 Å². The van der Waals surface area contributed by atoms with Crippen LogP contribution in [0.3, 0.4) is 0 Å². The van der Waals surface area contributed by atoms with Crippen molar-refractivity contribution in [3.8, 4) is 5.75 Å². The summed E-state index contributed by atoms with van der Waals surface area (Å²) in [6.07, 6.45) is 3.23. The van der Waals surface area contributed by atoms with Crippen LogP contribution < -0.4 is 15.4 Å². The number of carboxylic acids is 1. The number of ether oxygens (including phenoxy) is 1. The van der Waals surface area contributed by atoms with Crippen LogP contribution in [-0.4, -0.2) is 30.4 Å². The average molecular weight is 308 g/mol. The van der Waals surface area contributed by atoms with Gasteiger partial charge in [0, 0.05) is 13.0 Å². The summed E-state index contributed by atoms with van der Waals surface area (Å²) in [4.78, 5) is 21.9. The Bertz CT molecular complexity index is 477. The Labute approximate surface area is 130 Å². The molecule has 3 N–H and O–H groups in total. The van der Waals surface area contributed by atoms with E-state index in [1.807, 2.05) is 31.2 Å². The molecule has 6 heteroatoms. The number of urea groups is 1. The third-order valence-corrected chi connectivity index (χ3v) is 3.17. The first kappa shape index (κ1) is 17.8. The monoisotopic (exact) mass is 308 g/mol. The molecule has 0 fully saturated rings. The average Bonchev–Trinajstić information content (AvgIpc) is 2.51. The highest BCUT2D eigenvalue weighted by Crippen LogP contribution is 2.17. The van der Waals surface area contributed by atoms with Crippen molar-refractivity contribution in [1.29, 1.82) is 0 Å². The Morgan fingerprint density at radius 1 is 1.14 bits per heavy atom. The number of rotatable bonds is 10. The molecule has 22 heavy (non-hydrogen) atoms. The lowest BCUT2D eigenvalue weighted by molar-refractivity contribution is -0.137. The number of carboxylic acid groups (broad SMARTS) is 1. The second-order valence-corrected chi connectivity index (χ2v) is 4.89. The molecule has 2 amide bonds. The minimum absolute atomic E-state index is 0.113. The van der Waals surface area contributed by atoms with Gasteiger partial charge in [-0.05, 0) is 30.9 Å². The van der Waals surface area contributed by atoms with Crippen LogP contribution in [-0.2, 0) is 11.2 Å². The summed E-state index contributed by atoms with van der Waals surface area (Å²) in [5.41, 5.74) is 1.10. The summed E-state index contributed by atoms with van der Waals surface area (Å²) in [6.45, 7) is 2.69. The first-order chi connectivity index (χ1) is 10.6. The normalized spacial score (nSPS) is 10.0. The van der Waals surface area contributed by atoms with Gasteiger partial charge in [0.1, 0.15) is 5.75 Å². The Morgan fingerprint density at radius 3 is 2.64 bits per heavy atom. The number of aliphatic carboxylic acids is 1. The smallest absolute Gasteiger partial charge is 0.317 e. The summed E-state index contributed by atoms with van der Waals surface area (Å²) in [5.74, 6) is -0.00539. The molecule has 1 rings (SSSR count). The fourth-order valence-electron chi connectivity index (χ4n) is 1.96. The number of nitrogens with one attached hydrogen (secondary N) is 2. The SMILES string of the molecule is CCc1ccccc1OCNC(=O)NCCCCCC(=O)O. The van der Waals surface area contributed by atoms with E-state index in [0.29, 0.717) is 13.0 Å². The molecule has 0 atom stereocenters. The molecule has 0 saturated heterocycles. The third-order valence-electron chi connectivity index (χ3n) is 3.17. The first-order valence-electron chi connectivity index (χ1n) is 7.57. The second kappa shape index (κ2) is 10.5. The van der Waals surface area contributed by atoms with Crippen molar-refractivity contribution in [2.45, 2.75) is 39.0 Å². The van der Waals surface area contributed by atoms with Crippen LogP contribution >= 0.6 is 0 Å². The Morgan fingerprint density at radius 2 is 1.91 bits per heavy atom. The third kappa shape index (κ3) is 7.52. The summed E-state index contributed by atoms with van der Waals surface area (Å²) in [6, 6.07) is 7.43. The zero-order valence-corrected chi connectivity index (χ0v) is 12.9. The summed E-state index contributed by atoms with van der Waals surface area (Å²) < 4.78 is 5.53. The van der Waals surface area contributed by atoms with E-state index in [0.717, 1.165) is 30.6 Å². The van der Waals surface area contributed by atoms with Gasteiger partial charge in [-0.1, -0.05) is 31.5 Å². The molecule has 0 aliphatic carbocycles. The topological polar surface area (TPSA) is 87.7 Å². The number of hydrogen-bond acceptors (Lipinski definition) is 3. The van der Waals surface area contributed by atoms with Gasteiger partial charge in [-0.25, -0.2) is 4.79 Å². The number of carbonyl (C=O) groups is 2. The van der Waals surface area contributed by atoms with Crippen LogP contribution in [0, 0.1) is 0 Å². The lowest BCUT2D eigenvalue weighted by Gasteiger charge is -2.11. The molecule has 0 unspecified atom stereocenters. The van der Waals surface area contributed by atoms with Crippen LogP contribution in [0.5, 0.6) is 5.75 Å². The zero-order chi connectivity index (χ0) is 16.2. The number of benzene rings is 1. The zero-order valence-electron chi connectivity index (χ0n) is 12.9. The first-order valence-corrected chi connectivity index (χ1v) is 7.57. The number of aryl methyl sites for hydroxylation is 1. The predicted octanol–water partition coefficient (Wildman–Crippen LogP) is 2.53. The van der Waals surface area contributed by atoms with Crippen molar-refractivity contribution in [3.63, 3.8) is 0 Å². The van der Waals surface area contributed by atoms with Crippen LogP contribution in [0.15, 0.2) is 24.3 Å². The number of hydrogen-bond donors (Lipinski definition) is 3. The van der Waals surface area contributed by atoms with Gasteiger partial charge in [-0.15, -0.1) is 0 Å². The molecule has 0 aliphatic rings. The van der Waals surface area contributed by atoms with Gasteiger partial charge in [0.25, 0.3) is 0 Å². The van der Waals surface area contributed by atoms with E-state index >= 15 is 0 Å². The van der Waals surface area contributed by atoms with Gasteiger partial charge in [-0.2, -0.15) is 0 Å². The number of para-hydroxylation sites is 1. The summed E-state index contributed by atoms with van der Waals surface area (Å²) in [7, 11) is 0. The summed E-state index contributed by atoms with van der Waals surface area (Å²) >= 11 is 0. The molecular weight excluding hydrogens is 284 g/mol. The predicted molar refractivity (Wildman–Crippen MR) is 84.0 cm³/mol. The van der Waals surface area contributed by atoms with Crippen LogP contribution in [0.4, 0.5) is 4.79 Å². The standard InChI is InChI=1S/C16H24N2O4/c1-2-13-8-5-6-9-14(13)22-12-18-16(21)17-11-7-3-4-10-15(19)20/h5-6,8-9H,2-4,7,10-12H2,1H3,(H,19,20)(H2,17,18,21). The lowest BCUT2D eigenvalue weighted by atomic mass is 10.1. The fourth-order valence-corrected chi connectivity index (χ4v) is 1.96. The molecule has 0 saturated carbocycles. The maximum absolute atomic E-state index is 11.5. The quantitative estimate of drug-likeness (QED) is 0.458. The number of carbonyl (C=O) groups excluding carboxylic acids is 1. The Kier molecular flexibility index (Phi) is 8.49. The lowest BCUT2D eigenvalue weighted by Crippen LogP contribution is -2.38. The van der Waals surface area contributed by atoms with Gasteiger partial charge in [0.05, 0.1) is 0 Å². The largest absolute Gasteiger partial charge is 0.481 e. The molecule has 0 bridgehead atoms. The van der Waals surface area contributed by atoms with E-state index < -0.39 is 5.97 Å². The number of amides is 2. The van der Waals surface area contributed by atoms with Crippen molar-refractivity contribution in [2.75, 3.05) is 13.3 Å². The van der Waals surface area contributed by atoms with E-state index in [2.05, 4.69) is 10.6 Å². The minimum Gasteiger partial charge on any atom is -0.481 e. The Hall–Kier alpha value is -2.24. The van der Waals surface area contributed by atoms with E-state index in [9.17, 15) is 9.59 Å². The number of unbranched alkanes of at least 4 members (excludes halogenated alkanes) is 2. The molecule has 122 valence electrons. The Balaban J connectivity index is 2.09. The van der Waals surface area contributed by atoms with Gasteiger partial charge in [0.2, 0.25) is 0 Å². The van der Waals surface area contributed by atoms with Crippen molar-refractivity contribution < 1.29 is 19.4 Å². The van der Waals surface area contributed by atoms with Crippen LogP contribution in [0.1, 0.15) is 38.2 Å². The van der Waals surface area contributed by atoms with Crippen molar-refractivity contribution >= 4 is 12.0 Å². The maximum atomic E-state index is 11.5. The van der Waals surface area contributed by atoms with Gasteiger partial charge < -0.3 is 20.5 Å². The molecule has 1 aromatic carbocycles. The van der Waals surface area contributed by atoms with E-state index in [4.69, 9.17) is 9.84 Å². The second-order valence-electron chi connectivity index (χ2n) is 4.89. The van der Waals surface area contributed by atoms with Crippen molar-refractivity contribution in [3.05, 3.63) is 29.8 Å². The van der Waals surface area contributed by atoms with Crippen LogP contribution in [0.25, 0.3) is 0 Å². The van der Waals surface area contributed by atoms with E-state index in [-0.39, 0.29) is 19.2 Å². The van der Waals surface area contributed by atoms with Crippen molar-refractivity contribution in [2.24, 2.45) is 0 Å². The van der Waals surface area contributed by atoms with Gasteiger partial charge in [0.15, 0.2) is 6.73 Å². The minimum atomic E-state index is -0.782. The molecule has 0 aliphatic heterocycles. The maximum Gasteiger partial charge on any atom is 0.317 e. The highest BCUT2D eigenvalue weighted by Gasteiger charge is 2.03. The highest BCUT2D eigenvalue weighted by molar-refractivity contribution is 5.73. The molecule has 0 heterocycles. The molecular formula is C16H24N2O4. The fraction of sp³-hybridized carbons (Fsp3) is 0.500. The van der Waals surface area contributed by atoms with E-state index in [1.165, 1.54) is 0 Å². The molecule has 0 aromatic heterocycles. The molecule has 0 radical (unpaired) electrons. The molecule has 6 nitrogen and oxygen atoms in total. The molecule has 1 aromatic rings. The van der Waals surface area contributed by atoms with Crippen molar-refractivity contribution in [1.82, 2.24) is 10.6 Å². The van der Waals surface area contributed by atoms with Crippen LogP contribution in [0.2, 0.25) is 0 Å².